The molecule has 0 aliphatic heterocycles. The van der Waals surface area contributed by atoms with Crippen molar-refractivity contribution in [2.45, 2.75) is 38.9 Å². The molecule has 0 aromatic rings. The summed E-state index contributed by atoms with van der Waals surface area (Å²) < 4.78 is 1.10. The Morgan fingerprint density at radius 2 is 1.82 bits per heavy atom. The molecule has 0 aromatic carbocycles. The van der Waals surface area contributed by atoms with Crippen LogP contribution in [0.25, 0.3) is 0 Å². The summed E-state index contributed by atoms with van der Waals surface area (Å²) >= 11 is 7.15. The molecule has 1 aliphatic rings. The van der Waals surface area contributed by atoms with Crippen LogP contribution in [0.1, 0.15) is 33.6 Å². The first-order valence-electron chi connectivity index (χ1n) is 3.96. The maximum absolute atomic E-state index is 5.27. The molecule has 1 saturated carbocycles. The molecular formula is C9H14S2. The topological polar surface area (TPSA) is 0 Å². The summed E-state index contributed by atoms with van der Waals surface area (Å²) in [5, 5.41) is 0.844. The van der Waals surface area contributed by atoms with Crippen LogP contribution in [0.3, 0.4) is 0 Å². The van der Waals surface area contributed by atoms with Crippen molar-refractivity contribution in [3.8, 4) is 0 Å². The Hall–Kier alpha value is 0.180. The standard InChI is InChI=1S/C9H14S2/c1-6(2)7(3)9(10)11-8-4-5-8/h8H,4-5H2,1-3H3. The molecule has 1 rings (SSSR count). The molecule has 2 heteroatoms. The Labute approximate surface area is 78.4 Å². The molecule has 0 N–H and O–H groups in total. The fourth-order valence-corrected chi connectivity index (χ4v) is 2.30. The summed E-state index contributed by atoms with van der Waals surface area (Å²) in [7, 11) is 0. The third kappa shape index (κ3) is 2.96. The van der Waals surface area contributed by atoms with Crippen molar-refractivity contribution in [1.82, 2.24) is 0 Å². The number of allylic oxidation sites excluding steroid dienone is 1. The molecule has 0 unspecified atom stereocenters. The van der Waals surface area contributed by atoms with Crippen molar-refractivity contribution in [3.05, 3.63) is 11.1 Å². The van der Waals surface area contributed by atoms with Gasteiger partial charge in [0.25, 0.3) is 0 Å². The van der Waals surface area contributed by atoms with E-state index in [1.54, 1.807) is 0 Å². The minimum Gasteiger partial charge on any atom is -0.111 e. The SMILES string of the molecule is CC(C)=C(C)C(=S)SC1CC1. The van der Waals surface area contributed by atoms with Gasteiger partial charge in [0.15, 0.2) is 0 Å². The molecule has 0 atom stereocenters. The normalized spacial score (nSPS) is 16.3. The van der Waals surface area contributed by atoms with Gasteiger partial charge < -0.3 is 0 Å². The van der Waals surface area contributed by atoms with E-state index in [0.29, 0.717) is 0 Å². The Morgan fingerprint density at radius 3 is 2.18 bits per heavy atom. The van der Waals surface area contributed by atoms with E-state index in [4.69, 9.17) is 12.2 Å². The minimum absolute atomic E-state index is 0.844. The lowest BCUT2D eigenvalue weighted by Crippen LogP contribution is -1.93. The predicted molar refractivity (Wildman–Crippen MR) is 57.3 cm³/mol. The third-order valence-electron chi connectivity index (χ3n) is 1.85. The summed E-state index contributed by atoms with van der Waals surface area (Å²) in [5.41, 5.74) is 2.65. The molecule has 0 saturated heterocycles. The van der Waals surface area contributed by atoms with Crippen LogP contribution in [0.15, 0.2) is 11.1 Å². The first-order valence-corrected chi connectivity index (χ1v) is 5.25. The molecule has 0 bridgehead atoms. The maximum Gasteiger partial charge on any atom is 0.0737 e. The van der Waals surface area contributed by atoms with Gasteiger partial charge >= 0.3 is 0 Å². The number of thiocarbonyl (C=S) groups is 1. The smallest absolute Gasteiger partial charge is 0.0737 e. The zero-order valence-corrected chi connectivity index (χ0v) is 8.94. The van der Waals surface area contributed by atoms with Crippen LogP contribution in [0.4, 0.5) is 0 Å². The Balaban J connectivity index is 2.45. The van der Waals surface area contributed by atoms with Crippen molar-refractivity contribution < 1.29 is 0 Å². The highest BCUT2D eigenvalue weighted by atomic mass is 32.2. The van der Waals surface area contributed by atoms with Gasteiger partial charge in [-0.1, -0.05) is 17.8 Å². The number of hydrogen-bond acceptors (Lipinski definition) is 2. The van der Waals surface area contributed by atoms with Crippen LogP contribution < -0.4 is 0 Å². The molecular weight excluding hydrogens is 172 g/mol. The zero-order valence-electron chi connectivity index (χ0n) is 7.31. The van der Waals surface area contributed by atoms with Gasteiger partial charge in [0, 0.05) is 5.25 Å². The lowest BCUT2D eigenvalue weighted by molar-refractivity contribution is 1.33. The molecule has 0 spiro atoms. The highest BCUT2D eigenvalue weighted by Crippen LogP contribution is 2.36. The van der Waals surface area contributed by atoms with Crippen LogP contribution in [0.2, 0.25) is 0 Å². The second kappa shape index (κ2) is 3.72. The van der Waals surface area contributed by atoms with Crippen LogP contribution in [0.5, 0.6) is 0 Å². The summed E-state index contributed by atoms with van der Waals surface area (Å²) in [6.07, 6.45) is 2.72. The third-order valence-corrected chi connectivity index (χ3v) is 3.77. The van der Waals surface area contributed by atoms with Crippen LogP contribution in [-0.4, -0.2) is 9.45 Å². The number of rotatable bonds is 2. The average molecular weight is 186 g/mol. The summed E-state index contributed by atoms with van der Waals surface area (Å²) in [6, 6.07) is 0. The van der Waals surface area contributed by atoms with E-state index in [0.717, 1.165) is 9.45 Å². The van der Waals surface area contributed by atoms with Gasteiger partial charge in [-0.25, -0.2) is 0 Å². The average Bonchev–Trinajstić information content (AvgIpc) is 2.69. The Kier molecular flexibility index (Phi) is 3.14. The maximum atomic E-state index is 5.27. The van der Waals surface area contributed by atoms with Gasteiger partial charge in [0.2, 0.25) is 0 Å². The monoisotopic (exact) mass is 186 g/mol. The molecule has 62 valence electrons. The van der Waals surface area contributed by atoms with E-state index in [-0.39, 0.29) is 0 Å². The second-order valence-electron chi connectivity index (χ2n) is 3.23. The van der Waals surface area contributed by atoms with Gasteiger partial charge in [-0.15, -0.1) is 11.8 Å². The van der Waals surface area contributed by atoms with Crippen molar-refractivity contribution in [3.63, 3.8) is 0 Å². The molecule has 0 amide bonds. The summed E-state index contributed by atoms with van der Waals surface area (Å²) in [4.78, 5) is 0. The van der Waals surface area contributed by atoms with E-state index in [9.17, 15) is 0 Å². The summed E-state index contributed by atoms with van der Waals surface area (Å²) in [5.74, 6) is 0. The first kappa shape index (κ1) is 9.27. The fraction of sp³-hybridized carbons (Fsp3) is 0.667. The Bertz CT molecular complexity index is 196. The van der Waals surface area contributed by atoms with Gasteiger partial charge in [-0.2, -0.15) is 0 Å². The first-order chi connectivity index (χ1) is 5.11. The van der Waals surface area contributed by atoms with E-state index >= 15 is 0 Å². The lowest BCUT2D eigenvalue weighted by atomic mass is 10.2. The van der Waals surface area contributed by atoms with Gasteiger partial charge in [0.1, 0.15) is 0 Å². The van der Waals surface area contributed by atoms with Crippen LogP contribution >= 0.6 is 24.0 Å². The van der Waals surface area contributed by atoms with Crippen LogP contribution in [-0.2, 0) is 0 Å². The second-order valence-corrected chi connectivity index (χ2v) is 5.21. The van der Waals surface area contributed by atoms with E-state index in [1.165, 1.54) is 24.0 Å². The lowest BCUT2D eigenvalue weighted by Gasteiger charge is -2.03. The summed E-state index contributed by atoms with van der Waals surface area (Å²) in [6.45, 7) is 6.36. The van der Waals surface area contributed by atoms with Gasteiger partial charge in [-0.05, 0) is 39.2 Å². The number of hydrogen-bond donors (Lipinski definition) is 0. The van der Waals surface area contributed by atoms with Gasteiger partial charge in [-0.3, -0.25) is 0 Å². The van der Waals surface area contributed by atoms with E-state index < -0.39 is 0 Å². The van der Waals surface area contributed by atoms with E-state index in [2.05, 4.69) is 20.8 Å². The predicted octanol–water partition coefficient (Wildman–Crippen LogP) is 3.57. The minimum atomic E-state index is 0.844. The van der Waals surface area contributed by atoms with Crippen molar-refractivity contribution >= 4 is 28.2 Å². The van der Waals surface area contributed by atoms with Gasteiger partial charge in [0.05, 0.1) is 4.20 Å². The molecule has 1 aliphatic carbocycles. The van der Waals surface area contributed by atoms with E-state index in [1.807, 2.05) is 11.8 Å². The molecule has 0 radical (unpaired) electrons. The number of thioether (sulfide) groups is 1. The quantitative estimate of drug-likeness (QED) is 0.477. The van der Waals surface area contributed by atoms with Crippen molar-refractivity contribution in [2.24, 2.45) is 0 Å². The Morgan fingerprint density at radius 1 is 1.27 bits per heavy atom. The highest BCUT2D eigenvalue weighted by molar-refractivity contribution is 8.24. The van der Waals surface area contributed by atoms with Crippen molar-refractivity contribution in [2.75, 3.05) is 0 Å². The molecule has 11 heavy (non-hydrogen) atoms. The largest absolute Gasteiger partial charge is 0.111 e. The van der Waals surface area contributed by atoms with Crippen molar-refractivity contribution in [1.29, 1.82) is 0 Å². The molecule has 0 heterocycles. The fourth-order valence-electron chi connectivity index (χ4n) is 0.630. The molecule has 0 nitrogen and oxygen atoms in total. The zero-order chi connectivity index (χ0) is 8.43. The molecule has 0 aromatic heterocycles. The highest BCUT2D eigenvalue weighted by Gasteiger charge is 2.23. The van der Waals surface area contributed by atoms with Crippen LogP contribution in [0, 0.1) is 0 Å². The molecule has 1 fully saturated rings.